The van der Waals surface area contributed by atoms with Crippen LogP contribution in [0.5, 0.6) is 0 Å². The molecule has 0 fully saturated rings. The van der Waals surface area contributed by atoms with E-state index in [1.165, 1.54) is 23.4 Å². The molecule has 1 aromatic rings. The third-order valence-corrected chi connectivity index (χ3v) is 5.32. The summed E-state index contributed by atoms with van der Waals surface area (Å²) in [6.45, 7) is 5.40. The van der Waals surface area contributed by atoms with Crippen LogP contribution in [0.3, 0.4) is 0 Å². The van der Waals surface area contributed by atoms with Crippen molar-refractivity contribution in [3.05, 3.63) is 29.8 Å². The van der Waals surface area contributed by atoms with Gasteiger partial charge in [-0.15, -0.1) is 0 Å². The molecule has 0 amide bonds. The summed E-state index contributed by atoms with van der Waals surface area (Å²) < 4.78 is 26.2. The fourth-order valence-corrected chi connectivity index (χ4v) is 3.53. The van der Waals surface area contributed by atoms with Crippen molar-refractivity contribution < 1.29 is 13.2 Å². The number of hydrogen-bond acceptors (Lipinski definition) is 3. The summed E-state index contributed by atoms with van der Waals surface area (Å²) in [6.07, 6.45) is 1.55. The largest absolute Gasteiger partial charge is 0.295 e. The van der Waals surface area contributed by atoms with E-state index < -0.39 is 10.0 Å². The normalized spacial score (nSPS) is 12.1. The van der Waals surface area contributed by atoms with Gasteiger partial charge in [0.05, 0.1) is 4.90 Å². The van der Waals surface area contributed by atoms with E-state index in [2.05, 4.69) is 0 Å². The first-order valence-electron chi connectivity index (χ1n) is 6.43. The summed E-state index contributed by atoms with van der Waals surface area (Å²) in [6, 6.07) is 6.08. The Balaban J connectivity index is 3.09. The van der Waals surface area contributed by atoms with Crippen LogP contribution >= 0.6 is 0 Å². The van der Waals surface area contributed by atoms with Gasteiger partial charge in [-0.3, -0.25) is 4.79 Å². The summed E-state index contributed by atoms with van der Waals surface area (Å²) in [5.41, 5.74) is 0.518. The smallest absolute Gasteiger partial charge is 0.243 e. The molecule has 0 saturated heterocycles. The molecular formula is C14H21NO3S. The van der Waals surface area contributed by atoms with Crippen molar-refractivity contribution in [3.8, 4) is 0 Å². The molecule has 5 heteroatoms. The Morgan fingerprint density at radius 1 is 1.16 bits per heavy atom. The van der Waals surface area contributed by atoms with E-state index in [-0.39, 0.29) is 16.7 Å². The second kappa shape index (κ2) is 6.30. The van der Waals surface area contributed by atoms with Gasteiger partial charge in [0.2, 0.25) is 10.0 Å². The van der Waals surface area contributed by atoms with E-state index in [4.69, 9.17) is 0 Å². The molecule has 0 unspecified atom stereocenters. The van der Waals surface area contributed by atoms with Crippen LogP contribution in [-0.2, 0) is 10.0 Å². The van der Waals surface area contributed by atoms with Gasteiger partial charge >= 0.3 is 0 Å². The molecule has 4 nitrogen and oxygen atoms in total. The highest BCUT2D eigenvalue weighted by atomic mass is 32.2. The summed E-state index contributed by atoms with van der Waals surface area (Å²) in [4.78, 5) is 11.4. The highest BCUT2D eigenvalue weighted by molar-refractivity contribution is 7.89. The zero-order valence-electron chi connectivity index (χ0n) is 11.9. The molecule has 1 rings (SSSR count). The second-order valence-corrected chi connectivity index (χ2v) is 6.57. The quantitative estimate of drug-likeness (QED) is 0.754. The Morgan fingerprint density at radius 3 is 2.00 bits per heavy atom. The van der Waals surface area contributed by atoms with Crippen molar-refractivity contribution in [2.45, 2.75) is 44.6 Å². The fraction of sp³-hybridized carbons (Fsp3) is 0.500. The summed E-state index contributed by atoms with van der Waals surface area (Å²) >= 11 is 0. The Hall–Kier alpha value is -1.20. The maximum absolute atomic E-state index is 12.4. The van der Waals surface area contributed by atoms with Gasteiger partial charge in [-0.2, -0.15) is 4.31 Å². The summed E-state index contributed by atoms with van der Waals surface area (Å²) in [5.74, 6) is -0.0719. The lowest BCUT2D eigenvalue weighted by molar-refractivity contribution is 0.101. The number of nitrogens with zero attached hydrogens (tertiary/aromatic N) is 1. The van der Waals surface area contributed by atoms with Crippen LogP contribution in [0.25, 0.3) is 0 Å². The van der Waals surface area contributed by atoms with E-state index in [1.54, 1.807) is 19.2 Å². The molecule has 0 N–H and O–H groups in total. The van der Waals surface area contributed by atoms with Crippen molar-refractivity contribution in [2.75, 3.05) is 7.05 Å². The lowest BCUT2D eigenvalue weighted by Crippen LogP contribution is -2.36. The number of carbonyl (C=O) groups is 1. The summed E-state index contributed by atoms with van der Waals surface area (Å²) in [5, 5.41) is 0. The Kier molecular flexibility index (Phi) is 5.26. The molecule has 0 aliphatic carbocycles. The fourth-order valence-electron chi connectivity index (χ4n) is 2.03. The number of rotatable bonds is 6. The van der Waals surface area contributed by atoms with Gasteiger partial charge < -0.3 is 0 Å². The minimum absolute atomic E-state index is 0.00233. The first kappa shape index (κ1) is 15.9. The van der Waals surface area contributed by atoms with Gasteiger partial charge in [0.25, 0.3) is 0 Å². The predicted molar refractivity (Wildman–Crippen MR) is 75.8 cm³/mol. The Labute approximate surface area is 115 Å². The molecule has 0 atom stereocenters. The van der Waals surface area contributed by atoms with Crippen LogP contribution in [-0.4, -0.2) is 31.6 Å². The monoisotopic (exact) mass is 283 g/mol. The lowest BCUT2D eigenvalue weighted by Gasteiger charge is -2.25. The van der Waals surface area contributed by atoms with E-state index in [0.717, 1.165) is 12.8 Å². The number of sulfonamides is 1. The first-order valence-corrected chi connectivity index (χ1v) is 7.87. The van der Waals surface area contributed by atoms with Crippen LogP contribution in [0.4, 0.5) is 0 Å². The van der Waals surface area contributed by atoms with Crippen molar-refractivity contribution in [1.29, 1.82) is 0 Å². The topological polar surface area (TPSA) is 54.5 Å². The minimum atomic E-state index is -3.48. The molecule has 0 heterocycles. The van der Waals surface area contributed by atoms with Crippen LogP contribution in [0.15, 0.2) is 29.2 Å². The molecule has 19 heavy (non-hydrogen) atoms. The molecular weight excluding hydrogens is 262 g/mol. The van der Waals surface area contributed by atoms with Crippen LogP contribution < -0.4 is 0 Å². The highest BCUT2D eigenvalue weighted by Crippen LogP contribution is 2.20. The maximum Gasteiger partial charge on any atom is 0.243 e. The molecule has 106 valence electrons. The second-order valence-electron chi connectivity index (χ2n) is 4.57. The summed E-state index contributed by atoms with van der Waals surface area (Å²) in [7, 11) is -1.88. The molecule has 0 saturated carbocycles. The first-order chi connectivity index (χ1) is 8.84. The van der Waals surface area contributed by atoms with E-state index >= 15 is 0 Å². The Bertz CT molecular complexity index is 530. The number of hydrogen-bond donors (Lipinski definition) is 0. The maximum atomic E-state index is 12.4. The highest BCUT2D eigenvalue weighted by Gasteiger charge is 2.25. The number of benzene rings is 1. The van der Waals surface area contributed by atoms with Crippen LogP contribution in [0, 0.1) is 0 Å². The van der Waals surface area contributed by atoms with Gasteiger partial charge in [0, 0.05) is 18.7 Å². The number of carbonyl (C=O) groups excluding carboxylic acids is 1. The van der Waals surface area contributed by atoms with Crippen molar-refractivity contribution in [2.24, 2.45) is 0 Å². The van der Waals surface area contributed by atoms with E-state index in [0.29, 0.717) is 5.56 Å². The zero-order chi connectivity index (χ0) is 14.6. The van der Waals surface area contributed by atoms with Gasteiger partial charge in [-0.25, -0.2) is 8.42 Å². The molecule has 0 bridgehead atoms. The lowest BCUT2D eigenvalue weighted by atomic mass is 10.2. The zero-order valence-corrected chi connectivity index (χ0v) is 12.7. The molecule has 0 spiro atoms. The minimum Gasteiger partial charge on any atom is -0.295 e. The molecule has 0 aliphatic heterocycles. The van der Waals surface area contributed by atoms with Crippen LogP contribution in [0.2, 0.25) is 0 Å². The van der Waals surface area contributed by atoms with Gasteiger partial charge in [-0.1, -0.05) is 26.0 Å². The van der Waals surface area contributed by atoms with E-state index in [1.807, 2.05) is 13.8 Å². The molecule has 0 radical (unpaired) electrons. The SMILES string of the molecule is CCC(CC)N(C)S(=O)(=O)c1ccc(C(C)=O)cc1. The van der Waals surface area contributed by atoms with Crippen molar-refractivity contribution in [1.82, 2.24) is 4.31 Å². The molecule has 1 aromatic carbocycles. The van der Waals surface area contributed by atoms with Crippen molar-refractivity contribution in [3.63, 3.8) is 0 Å². The Morgan fingerprint density at radius 2 is 1.63 bits per heavy atom. The average Bonchev–Trinajstić information content (AvgIpc) is 2.40. The van der Waals surface area contributed by atoms with Gasteiger partial charge in [-0.05, 0) is 31.9 Å². The van der Waals surface area contributed by atoms with Gasteiger partial charge in [0.15, 0.2) is 5.78 Å². The number of Topliss-reactive ketones (excluding diaryl/α,β-unsaturated/α-hetero) is 1. The standard InChI is InChI=1S/C14H21NO3S/c1-5-13(6-2)15(4)19(17,18)14-9-7-12(8-10-14)11(3)16/h7-10,13H,5-6H2,1-4H3. The third-order valence-electron chi connectivity index (χ3n) is 3.39. The predicted octanol–water partition coefficient (Wildman–Crippen LogP) is 2.70. The van der Waals surface area contributed by atoms with Crippen molar-refractivity contribution >= 4 is 15.8 Å². The average molecular weight is 283 g/mol. The van der Waals surface area contributed by atoms with Crippen LogP contribution in [0.1, 0.15) is 44.0 Å². The van der Waals surface area contributed by atoms with E-state index in [9.17, 15) is 13.2 Å². The molecule has 0 aromatic heterocycles. The van der Waals surface area contributed by atoms with Gasteiger partial charge in [0.1, 0.15) is 0 Å². The third kappa shape index (κ3) is 3.42. The number of ketones is 1. The molecule has 0 aliphatic rings.